The summed E-state index contributed by atoms with van der Waals surface area (Å²) in [5.74, 6) is 0.783. The van der Waals surface area contributed by atoms with Gasteiger partial charge in [-0.3, -0.25) is 0 Å². The molecule has 0 saturated heterocycles. The van der Waals surface area contributed by atoms with E-state index in [0.29, 0.717) is 11.5 Å². The van der Waals surface area contributed by atoms with E-state index in [1.807, 2.05) is 0 Å². The van der Waals surface area contributed by atoms with Crippen LogP contribution in [0.15, 0.2) is 4.99 Å². The molecule has 1 nitrogen and oxygen atoms in total. The van der Waals surface area contributed by atoms with Crippen molar-refractivity contribution >= 4 is 17.4 Å². The van der Waals surface area contributed by atoms with Crippen LogP contribution in [-0.2, 0) is 0 Å². The van der Waals surface area contributed by atoms with Gasteiger partial charge in [0, 0.05) is 0 Å². The van der Waals surface area contributed by atoms with Gasteiger partial charge in [0.2, 0.25) is 0 Å². The monoisotopic (exact) mass is 183 g/mol. The van der Waals surface area contributed by atoms with Crippen LogP contribution in [0.25, 0.3) is 0 Å². The molecule has 68 valence electrons. The first-order valence-electron chi connectivity index (χ1n) is 4.60. The molecule has 1 fully saturated rings. The van der Waals surface area contributed by atoms with Gasteiger partial charge in [0.25, 0.3) is 0 Å². The Kier molecular flexibility index (Phi) is 3.03. The van der Waals surface area contributed by atoms with E-state index < -0.39 is 0 Å². The Bertz CT molecular complexity index is 204. The Morgan fingerprint density at radius 2 is 2.08 bits per heavy atom. The fraction of sp³-hybridized carbons (Fsp3) is 0.900. The number of rotatable bonds is 1. The third-order valence-corrected chi connectivity index (χ3v) is 2.70. The summed E-state index contributed by atoms with van der Waals surface area (Å²) >= 11 is 4.63. The largest absolute Gasteiger partial charge is 0.229 e. The highest BCUT2D eigenvalue weighted by Crippen LogP contribution is 2.39. The zero-order chi connectivity index (χ0) is 9.19. The zero-order valence-electron chi connectivity index (χ0n) is 8.13. The summed E-state index contributed by atoms with van der Waals surface area (Å²) in [5.41, 5.74) is 0.442. The second-order valence-electron chi connectivity index (χ2n) is 4.79. The second kappa shape index (κ2) is 3.68. The maximum absolute atomic E-state index is 4.63. The molecule has 1 aliphatic carbocycles. The predicted octanol–water partition coefficient (Wildman–Crippen LogP) is 3.30. The predicted molar refractivity (Wildman–Crippen MR) is 55.6 cm³/mol. The Balaban J connectivity index is 2.63. The Morgan fingerprint density at radius 3 is 2.58 bits per heavy atom. The van der Waals surface area contributed by atoms with Gasteiger partial charge < -0.3 is 0 Å². The van der Waals surface area contributed by atoms with Crippen LogP contribution in [0.5, 0.6) is 0 Å². The Morgan fingerprint density at radius 1 is 1.42 bits per heavy atom. The lowest BCUT2D eigenvalue weighted by atomic mass is 9.71. The number of thiocarbonyl (C=S) groups is 1. The molecule has 1 saturated carbocycles. The lowest BCUT2D eigenvalue weighted by Gasteiger charge is -2.36. The Labute approximate surface area is 80.3 Å². The topological polar surface area (TPSA) is 12.4 Å². The van der Waals surface area contributed by atoms with Crippen LogP contribution in [0.4, 0.5) is 0 Å². The van der Waals surface area contributed by atoms with E-state index in [4.69, 9.17) is 0 Å². The number of hydrogen-bond donors (Lipinski definition) is 0. The zero-order valence-corrected chi connectivity index (χ0v) is 8.95. The highest BCUT2D eigenvalue weighted by Gasteiger charge is 2.31. The van der Waals surface area contributed by atoms with Crippen molar-refractivity contribution in [1.29, 1.82) is 0 Å². The molecule has 0 aromatic carbocycles. The number of aliphatic imine (C=N–C) groups is 1. The van der Waals surface area contributed by atoms with Gasteiger partial charge in [0.15, 0.2) is 0 Å². The van der Waals surface area contributed by atoms with Gasteiger partial charge in [-0.05, 0) is 42.8 Å². The van der Waals surface area contributed by atoms with Gasteiger partial charge in [-0.2, -0.15) is 0 Å². The molecule has 0 aromatic heterocycles. The molecule has 0 bridgehead atoms. The first kappa shape index (κ1) is 9.88. The van der Waals surface area contributed by atoms with Crippen LogP contribution >= 0.6 is 12.2 Å². The van der Waals surface area contributed by atoms with Crippen LogP contribution in [0.1, 0.15) is 40.0 Å². The minimum absolute atomic E-state index is 0.432. The minimum Gasteiger partial charge on any atom is -0.229 e. The molecule has 0 aliphatic heterocycles. The summed E-state index contributed by atoms with van der Waals surface area (Å²) in [6.07, 6.45) is 3.67. The summed E-state index contributed by atoms with van der Waals surface area (Å²) in [5, 5.41) is 2.50. The van der Waals surface area contributed by atoms with Crippen LogP contribution in [0.3, 0.4) is 0 Å². The molecule has 2 atom stereocenters. The van der Waals surface area contributed by atoms with Crippen molar-refractivity contribution in [2.75, 3.05) is 0 Å². The smallest absolute Gasteiger partial charge is 0.0610 e. The SMILES string of the molecule is CC1CC(N=C=S)CC(C)(C)C1. The molecule has 0 heterocycles. The normalized spacial score (nSPS) is 33.9. The summed E-state index contributed by atoms with van der Waals surface area (Å²) in [4.78, 5) is 4.19. The van der Waals surface area contributed by atoms with Gasteiger partial charge in [-0.25, -0.2) is 4.99 Å². The summed E-state index contributed by atoms with van der Waals surface area (Å²) in [7, 11) is 0. The maximum Gasteiger partial charge on any atom is 0.0610 e. The first-order chi connectivity index (χ1) is 5.53. The summed E-state index contributed by atoms with van der Waals surface area (Å²) < 4.78 is 0. The third-order valence-electron chi connectivity index (χ3n) is 2.60. The molecule has 1 aliphatic rings. The molecule has 0 N–H and O–H groups in total. The lowest BCUT2D eigenvalue weighted by molar-refractivity contribution is 0.171. The van der Waals surface area contributed by atoms with E-state index in [2.05, 4.69) is 43.1 Å². The minimum atomic E-state index is 0.432. The van der Waals surface area contributed by atoms with Gasteiger partial charge >= 0.3 is 0 Å². The Hall–Kier alpha value is -0.200. The number of hydrogen-bond acceptors (Lipinski definition) is 2. The highest BCUT2D eigenvalue weighted by molar-refractivity contribution is 7.78. The van der Waals surface area contributed by atoms with Crippen molar-refractivity contribution in [1.82, 2.24) is 0 Å². The van der Waals surface area contributed by atoms with Crippen molar-refractivity contribution < 1.29 is 0 Å². The quantitative estimate of drug-likeness (QED) is 0.449. The highest BCUT2D eigenvalue weighted by atomic mass is 32.1. The van der Waals surface area contributed by atoms with Crippen LogP contribution in [0, 0.1) is 11.3 Å². The van der Waals surface area contributed by atoms with Crippen molar-refractivity contribution in [3.05, 3.63) is 0 Å². The first-order valence-corrected chi connectivity index (χ1v) is 5.01. The van der Waals surface area contributed by atoms with Crippen LogP contribution < -0.4 is 0 Å². The van der Waals surface area contributed by atoms with E-state index >= 15 is 0 Å². The third kappa shape index (κ3) is 2.69. The molecule has 0 aromatic rings. The van der Waals surface area contributed by atoms with Gasteiger partial charge in [-0.1, -0.05) is 20.8 Å². The van der Waals surface area contributed by atoms with Gasteiger partial charge in [0.05, 0.1) is 11.2 Å². The van der Waals surface area contributed by atoms with E-state index in [1.54, 1.807) is 0 Å². The van der Waals surface area contributed by atoms with E-state index in [1.165, 1.54) is 19.3 Å². The summed E-state index contributed by atoms with van der Waals surface area (Å²) in [6, 6.07) is 0.432. The van der Waals surface area contributed by atoms with Crippen molar-refractivity contribution in [3.63, 3.8) is 0 Å². The fourth-order valence-electron chi connectivity index (χ4n) is 2.47. The second-order valence-corrected chi connectivity index (χ2v) is 4.97. The molecule has 1 rings (SSSR count). The lowest BCUT2D eigenvalue weighted by Crippen LogP contribution is -2.29. The van der Waals surface area contributed by atoms with E-state index in [0.717, 1.165) is 5.92 Å². The average Bonchev–Trinajstić information content (AvgIpc) is 1.82. The van der Waals surface area contributed by atoms with Crippen molar-refractivity contribution in [2.24, 2.45) is 16.3 Å². The molecule has 0 radical (unpaired) electrons. The van der Waals surface area contributed by atoms with E-state index in [9.17, 15) is 0 Å². The molecular formula is C10H17NS. The summed E-state index contributed by atoms with van der Waals surface area (Å²) in [6.45, 7) is 6.93. The molecule has 0 amide bonds. The maximum atomic E-state index is 4.63. The van der Waals surface area contributed by atoms with Gasteiger partial charge in [-0.15, -0.1) is 0 Å². The van der Waals surface area contributed by atoms with Crippen LogP contribution in [-0.4, -0.2) is 11.2 Å². The molecule has 0 spiro atoms. The number of nitrogens with zero attached hydrogens (tertiary/aromatic N) is 1. The average molecular weight is 183 g/mol. The molecule has 2 heteroatoms. The fourth-order valence-corrected chi connectivity index (χ4v) is 2.62. The van der Waals surface area contributed by atoms with Gasteiger partial charge in [0.1, 0.15) is 0 Å². The van der Waals surface area contributed by atoms with Crippen molar-refractivity contribution in [2.45, 2.75) is 46.1 Å². The molecule has 2 unspecified atom stereocenters. The van der Waals surface area contributed by atoms with Crippen LogP contribution in [0.2, 0.25) is 0 Å². The number of isothiocyanates is 1. The molecular weight excluding hydrogens is 166 g/mol. The van der Waals surface area contributed by atoms with E-state index in [-0.39, 0.29) is 0 Å². The van der Waals surface area contributed by atoms with Crippen molar-refractivity contribution in [3.8, 4) is 0 Å². The molecule has 12 heavy (non-hydrogen) atoms. The standard InChI is InChI=1S/C10H17NS/c1-8-4-9(11-7-12)6-10(2,3)5-8/h8-9H,4-6H2,1-3H3.